The molecule has 0 atom stereocenters. The van der Waals surface area contributed by atoms with Crippen molar-refractivity contribution in [1.29, 1.82) is 5.26 Å². The number of rotatable bonds is 3. The van der Waals surface area contributed by atoms with Gasteiger partial charge in [0.05, 0.1) is 0 Å². The third kappa shape index (κ3) is 3.16. The van der Waals surface area contributed by atoms with Crippen molar-refractivity contribution in [3.05, 3.63) is 41.7 Å². The van der Waals surface area contributed by atoms with Crippen LogP contribution in [-0.4, -0.2) is 15.6 Å². The second kappa shape index (κ2) is 4.82. The van der Waals surface area contributed by atoms with Crippen LogP contribution in [0.3, 0.4) is 0 Å². The maximum Gasteiger partial charge on any atom is 0.346 e. The van der Waals surface area contributed by atoms with Gasteiger partial charge < -0.3 is 9.67 Å². The molecular weight excluding hydrogens is 192 g/mol. The minimum atomic E-state index is -1.21. The molecule has 0 saturated carbocycles. The molecule has 1 aromatic rings. The van der Waals surface area contributed by atoms with E-state index in [4.69, 9.17) is 10.4 Å². The van der Waals surface area contributed by atoms with Gasteiger partial charge in [0.15, 0.2) is 0 Å². The molecule has 0 aromatic carbocycles. The van der Waals surface area contributed by atoms with Gasteiger partial charge in [0, 0.05) is 19.4 Å². The standard InChI is InChI=1S/C11H10N2O2/c1-13-6-5-9(8-13)3-2-4-10(7-12)11(14)15/h2-6,8H,1H3,(H,14,15). The quantitative estimate of drug-likeness (QED) is 0.459. The smallest absolute Gasteiger partial charge is 0.346 e. The van der Waals surface area contributed by atoms with E-state index in [1.807, 2.05) is 30.1 Å². The Balaban J connectivity index is 2.75. The fraction of sp³-hybridized carbons (Fsp3) is 0.0909. The van der Waals surface area contributed by atoms with Gasteiger partial charge in [-0.05, 0) is 17.7 Å². The predicted octanol–water partition coefficient (Wildman–Crippen LogP) is 1.57. The van der Waals surface area contributed by atoms with Gasteiger partial charge in [0.25, 0.3) is 0 Å². The average molecular weight is 202 g/mol. The second-order valence-corrected chi connectivity index (χ2v) is 2.97. The molecule has 0 bridgehead atoms. The van der Waals surface area contributed by atoms with Crippen molar-refractivity contribution in [1.82, 2.24) is 4.57 Å². The van der Waals surface area contributed by atoms with E-state index in [0.717, 1.165) is 5.56 Å². The van der Waals surface area contributed by atoms with Crippen LogP contribution in [0.5, 0.6) is 0 Å². The number of carboxylic acids is 1. The first-order chi connectivity index (χ1) is 7.13. The van der Waals surface area contributed by atoms with Crippen molar-refractivity contribution in [2.24, 2.45) is 7.05 Å². The van der Waals surface area contributed by atoms with Crippen LogP contribution in [0.4, 0.5) is 0 Å². The lowest BCUT2D eigenvalue weighted by atomic mass is 10.2. The Labute approximate surface area is 87.4 Å². The molecule has 76 valence electrons. The first-order valence-electron chi connectivity index (χ1n) is 4.27. The Morgan fingerprint density at radius 1 is 1.67 bits per heavy atom. The molecular formula is C11H10N2O2. The monoisotopic (exact) mass is 202 g/mol. The van der Waals surface area contributed by atoms with Crippen LogP contribution in [0.1, 0.15) is 5.56 Å². The maximum absolute atomic E-state index is 10.4. The lowest BCUT2D eigenvalue weighted by molar-refractivity contribution is -0.132. The molecule has 15 heavy (non-hydrogen) atoms. The second-order valence-electron chi connectivity index (χ2n) is 2.97. The van der Waals surface area contributed by atoms with Gasteiger partial charge in [-0.25, -0.2) is 4.79 Å². The zero-order valence-electron chi connectivity index (χ0n) is 8.21. The first-order valence-corrected chi connectivity index (χ1v) is 4.27. The van der Waals surface area contributed by atoms with Crippen LogP contribution in [0.25, 0.3) is 6.08 Å². The molecule has 0 radical (unpaired) electrons. The molecule has 0 unspecified atom stereocenters. The highest BCUT2D eigenvalue weighted by Gasteiger charge is 2.02. The van der Waals surface area contributed by atoms with Crippen molar-refractivity contribution in [3.63, 3.8) is 0 Å². The third-order valence-corrected chi connectivity index (χ3v) is 1.76. The summed E-state index contributed by atoms with van der Waals surface area (Å²) in [5, 5.41) is 17.0. The first kappa shape index (κ1) is 10.8. The molecule has 1 rings (SSSR count). The Morgan fingerprint density at radius 2 is 2.40 bits per heavy atom. The summed E-state index contributed by atoms with van der Waals surface area (Å²) in [4.78, 5) is 10.4. The van der Waals surface area contributed by atoms with E-state index >= 15 is 0 Å². The zero-order valence-corrected chi connectivity index (χ0v) is 8.21. The van der Waals surface area contributed by atoms with Crippen molar-refractivity contribution < 1.29 is 9.90 Å². The Kier molecular flexibility index (Phi) is 3.47. The van der Waals surface area contributed by atoms with Crippen LogP contribution >= 0.6 is 0 Å². The summed E-state index contributed by atoms with van der Waals surface area (Å²) in [6, 6.07) is 3.48. The van der Waals surface area contributed by atoms with Crippen LogP contribution in [-0.2, 0) is 11.8 Å². The van der Waals surface area contributed by atoms with E-state index in [2.05, 4.69) is 0 Å². The molecule has 4 heteroatoms. The minimum Gasteiger partial charge on any atom is -0.477 e. The number of aryl methyl sites for hydroxylation is 1. The highest BCUT2D eigenvalue weighted by atomic mass is 16.4. The summed E-state index contributed by atoms with van der Waals surface area (Å²) in [5.41, 5.74) is 0.679. The minimum absolute atomic E-state index is 0.276. The molecule has 0 aliphatic carbocycles. The highest BCUT2D eigenvalue weighted by molar-refractivity contribution is 5.91. The molecule has 1 heterocycles. The summed E-state index contributed by atoms with van der Waals surface area (Å²) in [6.07, 6.45) is 8.32. The van der Waals surface area contributed by atoms with Gasteiger partial charge in [0.1, 0.15) is 11.6 Å². The molecule has 0 aliphatic rings. The fourth-order valence-corrected chi connectivity index (χ4v) is 1.04. The zero-order chi connectivity index (χ0) is 11.3. The number of nitriles is 1. The number of aromatic nitrogens is 1. The Morgan fingerprint density at radius 3 is 2.87 bits per heavy atom. The number of carbonyl (C=O) groups is 1. The van der Waals surface area contributed by atoms with Gasteiger partial charge in [-0.3, -0.25) is 0 Å². The Bertz CT molecular complexity index is 461. The molecule has 0 saturated heterocycles. The number of aliphatic carboxylic acids is 1. The lowest BCUT2D eigenvalue weighted by Crippen LogP contribution is -1.96. The third-order valence-electron chi connectivity index (χ3n) is 1.76. The van der Waals surface area contributed by atoms with E-state index in [1.54, 1.807) is 18.2 Å². The summed E-state index contributed by atoms with van der Waals surface area (Å²) < 4.78 is 1.88. The molecule has 0 amide bonds. The number of carboxylic acid groups (broad SMARTS) is 1. The fourth-order valence-electron chi connectivity index (χ4n) is 1.04. The SMILES string of the molecule is Cn1ccc(C=CC=C(C#N)C(=O)O)c1. The topological polar surface area (TPSA) is 66.0 Å². The van der Waals surface area contributed by atoms with E-state index in [1.165, 1.54) is 6.08 Å². The summed E-state index contributed by atoms with van der Waals surface area (Å²) in [6.45, 7) is 0. The molecule has 4 nitrogen and oxygen atoms in total. The van der Waals surface area contributed by atoms with E-state index in [9.17, 15) is 4.79 Å². The molecule has 0 aliphatic heterocycles. The van der Waals surface area contributed by atoms with Crippen LogP contribution in [0, 0.1) is 11.3 Å². The molecule has 0 spiro atoms. The van der Waals surface area contributed by atoms with Crippen molar-refractivity contribution in [3.8, 4) is 6.07 Å². The number of allylic oxidation sites excluding steroid dienone is 2. The van der Waals surface area contributed by atoms with Gasteiger partial charge in [-0.15, -0.1) is 0 Å². The van der Waals surface area contributed by atoms with E-state index in [-0.39, 0.29) is 5.57 Å². The van der Waals surface area contributed by atoms with Crippen molar-refractivity contribution >= 4 is 12.0 Å². The maximum atomic E-state index is 10.4. The number of nitrogens with zero attached hydrogens (tertiary/aromatic N) is 2. The largest absolute Gasteiger partial charge is 0.477 e. The van der Waals surface area contributed by atoms with Crippen LogP contribution in [0.15, 0.2) is 36.2 Å². The van der Waals surface area contributed by atoms with Crippen molar-refractivity contribution in [2.75, 3.05) is 0 Å². The average Bonchev–Trinajstić information content (AvgIpc) is 2.58. The summed E-state index contributed by atoms with van der Waals surface area (Å²) in [5.74, 6) is -1.21. The Hall–Kier alpha value is -2.28. The molecule has 0 fully saturated rings. The van der Waals surface area contributed by atoms with Gasteiger partial charge in [-0.2, -0.15) is 5.26 Å². The van der Waals surface area contributed by atoms with E-state index in [0.29, 0.717) is 0 Å². The normalized spacial score (nSPS) is 11.6. The van der Waals surface area contributed by atoms with Gasteiger partial charge in [0.2, 0.25) is 0 Å². The number of hydrogen-bond donors (Lipinski definition) is 1. The van der Waals surface area contributed by atoms with Crippen LogP contribution in [0.2, 0.25) is 0 Å². The lowest BCUT2D eigenvalue weighted by Gasteiger charge is -1.86. The van der Waals surface area contributed by atoms with E-state index < -0.39 is 5.97 Å². The number of hydrogen-bond acceptors (Lipinski definition) is 2. The summed E-state index contributed by atoms with van der Waals surface area (Å²) in [7, 11) is 1.89. The summed E-state index contributed by atoms with van der Waals surface area (Å²) >= 11 is 0. The highest BCUT2D eigenvalue weighted by Crippen LogP contribution is 2.03. The van der Waals surface area contributed by atoms with Crippen LogP contribution < -0.4 is 0 Å². The van der Waals surface area contributed by atoms with Gasteiger partial charge in [-0.1, -0.05) is 12.2 Å². The molecule has 1 aromatic heterocycles. The predicted molar refractivity (Wildman–Crippen MR) is 55.8 cm³/mol. The molecule has 1 N–H and O–H groups in total. The van der Waals surface area contributed by atoms with Gasteiger partial charge >= 0.3 is 5.97 Å². The van der Waals surface area contributed by atoms with Crippen molar-refractivity contribution in [2.45, 2.75) is 0 Å².